The van der Waals surface area contributed by atoms with E-state index in [4.69, 9.17) is 0 Å². The number of hydrogen-bond donors (Lipinski definition) is 0. The van der Waals surface area contributed by atoms with Crippen molar-refractivity contribution in [1.82, 2.24) is 0 Å². The Kier molecular flexibility index (Phi) is 12.7. The van der Waals surface area contributed by atoms with E-state index in [9.17, 15) is 0 Å². The molecule has 13 aromatic rings. The quantitative estimate of drug-likeness (QED) is 0.113. The lowest BCUT2D eigenvalue weighted by Crippen LogP contribution is -2.61. The van der Waals surface area contributed by atoms with Crippen LogP contribution in [0.2, 0.25) is 0 Å². The van der Waals surface area contributed by atoms with Crippen LogP contribution in [-0.4, -0.2) is 6.71 Å². The SMILES string of the molecule is c1ccc(-c2ccc(N(Cc3ccccc3-c3ccccc3)c3cc4c5c(c3)N(c3ccc(-c6ccccc6)cc3)c3ccc(-c6ccccc6)cc3B5c3cc(-c5ccccc5)ccc3N4c3ccc(-c4ccccc4)cc3)cc2)cc1. The first kappa shape index (κ1) is 49.4. The maximum Gasteiger partial charge on any atom is 0.252 e. The number of nitrogens with zero attached hydrogens (tertiary/aromatic N) is 3. The number of benzene rings is 13. The van der Waals surface area contributed by atoms with Crippen LogP contribution in [0.3, 0.4) is 0 Å². The molecule has 0 fully saturated rings. The molecular formula is C79H56BN3. The summed E-state index contributed by atoms with van der Waals surface area (Å²) in [4.78, 5) is 7.64. The molecule has 3 nitrogen and oxygen atoms in total. The molecule has 83 heavy (non-hydrogen) atoms. The molecule has 0 N–H and O–H groups in total. The Balaban J connectivity index is 1.02. The van der Waals surface area contributed by atoms with E-state index in [-0.39, 0.29) is 6.71 Å². The number of fused-ring (bicyclic) bond motifs is 4. The second-order valence-electron chi connectivity index (χ2n) is 21.6. The third kappa shape index (κ3) is 9.27. The highest BCUT2D eigenvalue weighted by Gasteiger charge is 2.44. The van der Waals surface area contributed by atoms with Crippen molar-refractivity contribution in [2.45, 2.75) is 6.54 Å². The monoisotopic (exact) mass is 1060 g/mol. The van der Waals surface area contributed by atoms with Crippen LogP contribution < -0.4 is 31.1 Å². The molecular weight excluding hydrogens is 1000 g/mol. The van der Waals surface area contributed by atoms with Crippen LogP contribution in [0.4, 0.5) is 45.5 Å². The molecule has 390 valence electrons. The summed E-state index contributed by atoms with van der Waals surface area (Å²) in [6.07, 6.45) is 0. The van der Waals surface area contributed by atoms with Gasteiger partial charge in [-0.3, -0.25) is 0 Å². The molecule has 0 saturated heterocycles. The fourth-order valence-corrected chi connectivity index (χ4v) is 12.7. The summed E-state index contributed by atoms with van der Waals surface area (Å²) in [5.74, 6) is 0. The lowest BCUT2D eigenvalue weighted by atomic mass is 9.33. The first-order valence-electron chi connectivity index (χ1n) is 28.7. The van der Waals surface area contributed by atoms with E-state index in [1.54, 1.807) is 0 Å². The molecule has 4 heteroatoms. The highest BCUT2D eigenvalue weighted by Crippen LogP contribution is 2.49. The minimum atomic E-state index is -0.136. The maximum absolute atomic E-state index is 2.55. The fraction of sp³-hybridized carbons (Fsp3) is 0.0127. The van der Waals surface area contributed by atoms with Gasteiger partial charge in [0.15, 0.2) is 0 Å². The molecule has 0 unspecified atom stereocenters. The van der Waals surface area contributed by atoms with Crippen molar-refractivity contribution in [1.29, 1.82) is 0 Å². The topological polar surface area (TPSA) is 9.72 Å². The predicted octanol–water partition coefficient (Wildman–Crippen LogP) is 19.1. The Hall–Kier alpha value is -10.7. The van der Waals surface area contributed by atoms with Crippen LogP contribution in [0.5, 0.6) is 0 Å². The standard InChI is InChI=1S/C79H56BN3/c1-7-21-56(22-8-1)61-35-43-68(44-36-61)81(55-67-33-19-20-34-72(67)64-31-17-6-18-32-64)71-53-77-79-78(54-71)83(70-47-39-63(40-48-70)58-25-11-3-12-26-58)76-50-42-66(60-29-15-5-16-30-60)52-74(76)80(79)73-51-65(59-27-13-4-14-28-59)41-49-75(73)82(77)69-45-37-62(38-46-69)57-23-9-2-10-24-57/h1-54H,55H2. The van der Waals surface area contributed by atoms with E-state index in [1.165, 1.54) is 88.7 Å². The van der Waals surface area contributed by atoms with E-state index >= 15 is 0 Å². The van der Waals surface area contributed by atoms with Crippen LogP contribution in [-0.2, 0) is 6.54 Å². The molecule has 0 bridgehead atoms. The molecule has 0 radical (unpaired) electrons. The highest BCUT2D eigenvalue weighted by atomic mass is 15.2. The number of hydrogen-bond acceptors (Lipinski definition) is 3. The Morgan fingerprint density at radius 3 is 0.988 bits per heavy atom. The molecule has 0 aliphatic carbocycles. The van der Waals surface area contributed by atoms with Crippen molar-refractivity contribution in [2.75, 3.05) is 14.7 Å². The van der Waals surface area contributed by atoms with Crippen LogP contribution in [0.15, 0.2) is 328 Å². The van der Waals surface area contributed by atoms with Gasteiger partial charge in [-0.25, -0.2) is 0 Å². The number of rotatable bonds is 12. The molecule has 0 amide bonds. The predicted molar refractivity (Wildman–Crippen MR) is 352 cm³/mol. The first-order chi connectivity index (χ1) is 41.2. The van der Waals surface area contributed by atoms with Gasteiger partial charge >= 0.3 is 0 Å². The van der Waals surface area contributed by atoms with E-state index < -0.39 is 0 Å². The van der Waals surface area contributed by atoms with Crippen molar-refractivity contribution in [3.63, 3.8) is 0 Å². The molecule has 0 atom stereocenters. The zero-order valence-electron chi connectivity index (χ0n) is 45.8. The Labute approximate surface area is 487 Å². The van der Waals surface area contributed by atoms with E-state index in [1.807, 2.05) is 0 Å². The van der Waals surface area contributed by atoms with Gasteiger partial charge in [0.2, 0.25) is 0 Å². The second-order valence-corrected chi connectivity index (χ2v) is 21.6. The zero-order chi connectivity index (χ0) is 55.1. The third-order valence-corrected chi connectivity index (χ3v) is 16.8. The normalized spacial score (nSPS) is 12.1. The first-order valence-corrected chi connectivity index (χ1v) is 28.7. The van der Waals surface area contributed by atoms with Gasteiger partial charge in [-0.05, 0) is 149 Å². The molecule has 13 aromatic carbocycles. The lowest BCUT2D eigenvalue weighted by Gasteiger charge is -2.45. The summed E-state index contributed by atoms with van der Waals surface area (Å²) >= 11 is 0. The average molecular weight is 1060 g/mol. The van der Waals surface area contributed by atoms with Gasteiger partial charge in [-0.15, -0.1) is 0 Å². The summed E-state index contributed by atoms with van der Waals surface area (Å²) in [7, 11) is 0. The van der Waals surface area contributed by atoms with Crippen LogP contribution in [0.1, 0.15) is 5.56 Å². The van der Waals surface area contributed by atoms with E-state index in [2.05, 4.69) is 342 Å². The van der Waals surface area contributed by atoms with E-state index in [0.29, 0.717) is 6.54 Å². The van der Waals surface area contributed by atoms with Crippen molar-refractivity contribution in [3.8, 4) is 66.8 Å². The van der Waals surface area contributed by atoms with Crippen molar-refractivity contribution in [2.24, 2.45) is 0 Å². The largest absolute Gasteiger partial charge is 0.337 e. The van der Waals surface area contributed by atoms with Crippen LogP contribution >= 0.6 is 0 Å². The smallest absolute Gasteiger partial charge is 0.252 e. The van der Waals surface area contributed by atoms with Crippen LogP contribution in [0.25, 0.3) is 66.8 Å². The second kappa shape index (κ2) is 21.4. The Morgan fingerprint density at radius 2 is 0.578 bits per heavy atom. The summed E-state index contributed by atoms with van der Waals surface area (Å²) in [5, 5.41) is 0. The molecule has 15 rings (SSSR count). The van der Waals surface area contributed by atoms with Gasteiger partial charge < -0.3 is 14.7 Å². The molecule has 0 aromatic heterocycles. The van der Waals surface area contributed by atoms with E-state index in [0.717, 1.165) is 45.5 Å². The summed E-state index contributed by atoms with van der Waals surface area (Å²) in [6, 6.07) is 121. The van der Waals surface area contributed by atoms with Crippen LogP contribution in [0, 0.1) is 0 Å². The third-order valence-electron chi connectivity index (χ3n) is 16.8. The Bertz CT molecular complexity index is 4220. The maximum atomic E-state index is 2.55. The summed E-state index contributed by atoms with van der Waals surface area (Å²) in [6.45, 7) is 0.478. The van der Waals surface area contributed by atoms with Crippen molar-refractivity contribution >= 4 is 68.6 Å². The van der Waals surface area contributed by atoms with Crippen molar-refractivity contribution < 1.29 is 0 Å². The molecule has 0 spiro atoms. The number of anilines is 8. The lowest BCUT2D eigenvalue weighted by molar-refractivity contribution is 0.976. The minimum Gasteiger partial charge on any atom is -0.337 e. The minimum absolute atomic E-state index is 0.136. The average Bonchev–Trinajstić information content (AvgIpc) is 1.81. The molecule has 2 aliphatic rings. The van der Waals surface area contributed by atoms with Gasteiger partial charge in [0.1, 0.15) is 0 Å². The molecule has 2 heterocycles. The van der Waals surface area contributed by atoms with Gasteiger partial charge in [-0.1, -0.05) is 267 Å². The summed E-state index contributed by atoms with van der Waals surface area (Å²) < 4.78 is 0. The van der Waals surface area contributed by atoms with Gasteiger partial charge in [-0.2, -0.15) is 0 Å². The Morgan fingerprint density at radius 1 is 0.253 bits per heavy atom. The van der Waals surface area contributed by atoms with Crippen molar-refractivity contribution in [3.05, 3.63) is 333 Å². The highest BCUT2D eigenvalue weighted by molar-refractivity contribution is 7.00. The zero-order valence-corrected chi connectivity index (χ0v) is 45.8. The fourth-order valence-electron chi connectivity index (χ4n) is 12.7. The molecule has 2 aliphatic heterocycles. The van der Waals surface area contributed by atoms with Gasteiger partial charge in [0.05, 0.1) is 0 Å². The summed E-state index contributed by atoms with van der Waals surface area (Å²) in [5.41, 5.74) is 28.2. The molecule has 0 saturated carbocycles. The van der Waals surface area contributed by atoms with Gasteiger partial charge in [0, 0.05) is 52.0 Å². The van der Waals surface area contributed by atoms with Gasteiger partial charge in [0.25, 0.3) is 6.71 Å².